The number of fused-ring (bicyclic) bond motifs is 1. The van der Waals surface area contributed by atoms with E-state index in [1.807, 2.05) is 44.2 Å². The predicted octanol–water partition coefficient (Wildman–Crippen LogP) is 5.82. The SMILES string of the molecule is Cc1nn2c(=O)n(Cc3ccccc3)c(C(C(C)C)N(CCCN)C(=O)c3cccc(Cl)c3Cl)nc2c1Cl.Cl. The minimum Gasteiger partial charge on any atom is -0.330 e. The van der Waals surface area contributed by atoms with Crippen molar-refractivity contribution in [3.05, 3.63) is 96.7 Å². The van der Waals surface area contributed by atoms with Gasteiger partial charge < -0.3 is 10.6 Å². The normalized spacial score (nSPS) is 12.0. The molecule has 208 valence electrons. The number of carbonyl (C=O) groups excluding carboxylic acids is 1. The van der Waals surface area contributed by atoms with Crippen LogP contribution < -0.4 is 11.4 Å². The Morgan fingerprint density at radius 1 is 1.05 bits per heavy atom. The Labute approximate surface area is 248 Å². The highest BCUT2D eigenvalue weighted by Crippen LogP contribution is 2.33. The van der Waals surface area contributed by atoms with Crippen LogP contribution in [0.5, 0.6) is 0 Å². The monoisotopic (exact) mass is 610 g/mol. The first-order valence-electron chi connectivity index (χ1n) is 12.3. The number of halogens is 4. The standard InChI is InChI=1S/C27H29Cl3N6O2.ClH/c1-16(2)23(34(14-8-13-31)26(37)19-11-7-12-20(28)22(19)30)25-32-24-21(29)17(3)33-36(24)27(38)35(25)15-18-9-5-4-6-10-18;/h4-7,9-12,16,23H,8,13-15,31H2,1-3H3;1H. The fourth-order valence-corrected chi connectivity index (χ4v) is 5.04. The molecule has 8 nitrogen and oxygen atoms in total. The molecule has 4 aromatic rings. The van der Waals surface area contributed by atoms with Crippen molar-refractivity contribution in [2.24, 2.45) is 11.7 Å². The topological polar surface area (TPSA) is 98.5 Å². The van der Waals surface area contributed by atoms with E-state index in [1.165, 1.54) is 4.52 Å². The third-order valence-corrected chi connectivity index (χ3v) is 7.60. The van der Waals surface area contributed by atoms with Gasteiger partial charge in [-0.05, 0) is 43.5 Å². The first kappa shape index (κ1) is 30.9. The van der Waals surface area contributed by atoms with E-state index in [4.69, 9.17) is 45.5 Å². The zero-order valence-corrected chi connectivity index (χ0v) is 24.9. The van der Waals surface area contributed by atoms with Gasteiger partial charge in [-0.15, -0.1) is 12.4 Å². The molecule has 0 spiro atoms. The highest BCUT2D eigenvalue weighted by molar-refractivity contribution is 6.43. The zero-order valence-electron chi connectivity index (χ0n) is 21.8. The number of rotatable bonds is 9. The van der Waals surface area contributed by atoms with Crippen LogP contribution in [0, 0.1) is 12.8 Å². The molecule has 0 radical (unpaired) electrons. The molecule has 2 N–H and O–H groups in total. The maximum absolute atomic E-state index is 14.0. The first-order valence-corrected chi connectivity index (χ1v) is 13.4. The highest BCUT2D eigenvalue weighted by atomic mass is 35.5. The van der Waals surface area contributed by atoms with Crippen molar-refractivity contribution in [2.75, 3.05) is 13.1 Å². The molecule has 4 rings (SSSR count). The maximum Gasteiger partial charge on any atom is 0.352 e. The fourth-order valence-electron chi connectivity index (χ4n) is 4.50. The molecule has 2 heterocycles. The summed E-state index contributed by atoms with van der Waals surface area (Å²) in [5.41, 5.74) is 7.34. The molecule has 0 fully saturated rings. The van der Waals surface area contributed by atoms with Crippen LogP contribution in [-0.4, -0.2) is 43.1 Å². The van der Waals surface area contributed by atoms with E-state index in [-0.39, 0.29) is 57.1 Å². The molecule has 0 aliphatic heterocycles. The summed E-state index contributed by atoms with van der Waals surface area (Å²) in [5, 5.41) is 5.05. The van der Waals surface area contributed by atoms with Crippen molar-refractivity contribution in [3.63, 3.8) is 0 Å². The van der Waals surface area contributed by atoms with Crippen molar-refractivity contribution >= 4 is 58.8 Å². The second-order valence-electron chi connectivity index (χ2n) is 9.39. The van der Waals surface area contributed by atoms with E-state index < -0.39 is 11.7 Å². The lowest BCUT2D eigenvalue weighted by Gasteiger charge is -2.35. The third kappa shape index (κ3) is 6.26. The number of carbonyl (C=O) groups is 1. The summed E-state index contributed by atoms with van der Waals surface area (Å²) in [4.78, 5) is 34.4. The third-order valence-electron chi connectivity index (χ3n) is 6.34. The second-order valence-corrected chi connectivity index (χ2v) is 10.6. The molecular formula is C27H30Cl4N6O2. The van der Waals surface area contributed by atoms with Gasteiger partial charge in [-0.3, -0.25) is 9.36 Å². The Hall–Kier alpha value is -2.62. The summed E-state index contributed by atoms with van der Waals surface area (Å²) in [6.45, 7) is 6.58. The van der Waals surface area contributed by atoms with Gasteiger partial charge in [0.2, 0.25) is 0 Å². The van der Waals surface area contributed by atoms with Gasteiger partial charge >= 0.3 is 5.69 Å². The van der Waals surface area contributed by atoms with Crippen LogP contribution in [-0.2, 0) is 6.54 Å². The lowest BCUT2D eigenvalue weighted by molar-refractivity contribution is 0.0602. The molecule has 1 amide bonds. The quantitative estimate of drug-likeness (QED) is 0.257. The Morgan fingerprint density at radius 2 is 1.74 bits per heavy atom. The average molecular weight is 612 g/mol. The zero-order chi connectivity index (χ0) is 27.6. The highest BCUT2D eigenvalue weighted by Gasteiger charge is 2.34. The molecule has 0 bridgehead atoms. The van der Waals surface area contributed by atoms with Crippen LogP contribution in [0.1, 0.15) is 53.7 Å². The van der Waals surface area contributed by atoms with Gasteiger partial charge in [-0.25, -0.2) is 9.78 Å². The molecule has 39 heavy (non-hydrogen) atoms. The summed E-state index contributed by atoms with van der Waals surface area (Å²) in [7, 11) is 0. The Morgan fingerprint density at radius 3 is 2.38 bits per heavy atom. The molecule has 12 heteroatoms. The van der Waals surface area contributed by atoms with Gasteiger partial charge in [-0.1, -0.05) is 85.0 Å². The van der Waals surface area contributed by atoms with Gasteiger partial charge in [0.15, 0.2) is 5.65 Å². The van der Waals surface area contributed by atoms with Crippen molar-refractivity contribution in [1.82, 2.24) is 24.1 Å². The molecule has 0 saturated heterocycles. The summed E-state index contributed by atoms with van der Waals surface area (Å²) >= 11 is 19.2. The first-order chi connectivity index (χ1) is 18.1. The smallest absolute Gasteiger partial charge is 0.330 e. The van der Waals surface area contributed by atoms with E-state index >= 15 is 0 Å². The number of hydrogen-bond donors (Lipinski definition) is 1. The number of aromatic nitrogens is 4. The van der Waals surface area contributed by atoms with E-state index in [9.17, 15) is 9.59 Å². The van der Waals surface area contributed by atoms with Crippen LogP contribution >= 0.6 is 47.2 Å². The molecule has 1 atom stereocenters. The van der Waals surface area contributed by atoms with Gasteiger partial charge in [0.1, 0.15) is 10.8 Å². The molecule has 1 unspecified atom stereocenters. The van der Waals surface area contributed by atoms with Crippen LogP contribution in [0.15, 0.2) is 53.3 Å². The number of hydrogen-bond acceptors (Lipinski definition) is 5. The largest absolute Gasteiger partial charge is 0.352 e. The summed E-state index contributed by atoms with van der Waals surface area (Å²) in [6, 6.07) is 13.9. The summed E-state index contributed by atoms with van der Waals surface area (Å²) in [5.74, 6) is -0.0821. The van der Waals surface area contributed by atoms with E-state index in [2.05, 4.69) is 5.10 Å². The molecule has 0 aliphatic carbocycles. The molecular weight excluding hydrogens is 582 g/mol. The van der Waals surface area contributed by atoms with E-state index in [0.717, 1.165) is 5.56 Å². The van der Waals surface area contributed by atoms with Crippen molar-refractivity contribution < 1.29 is 4.79 Å². The van der Waals surface area contributed by atoms with Crippen molar-refractivity contribution in [1.29, 1.82) is 0 Å². The average Bonchev–Trinajstić information content (AvgIpc) is 3.18. The molecule has 2 aromatic carbocycles. The number of nitrogens with two attached hydrogens (primary N) is 1. The Kier molecular flexibility index (Phi) is 10.4. The Balaban J connectivity index is 0.00000420. The van der Waals surface area contributed by atoms with Crippen LogP contribution in [0.3, 0.4) is 0 Å². The molecule has 2 aromatic heterocycles. The lowest BCUT2D eigenvalue weighted by atomic mass is 9.99. The van der Waals surface area contributed by atoms with E-state index in [1.54, 1.807) is 34.6 Å². The van der Waals surface area contributed by atoms with Crippen LogP contribution in [0.4, 0.5) is 0 Å². The van der Waals surface area contributed by atoms with Gasteiger partial charge in [0.05, 0.1) is 33.9 Å². The maximum atomic E-state index is 14.0. The van der Waals surface area contributed by atoms with Gasteiger partial charge in [0.25, 0.3) is 5.91 Å². The Bertz CT molecular complexity index is 1520. The van der Waals surface area contributed by atoms with Crippen molar-refractivity contribution in [3.8, 4) is 0 Å². The number of aryl methyl sites for hydroxylation is 1. The van der Waals surface area contributed by atoms with Crippen molar-refractivity contribution in [2.45, 2.75) is 39.8 Å². The predicted molar refractivity (Wildman–Crippen MR) is 159 cm³/mol. The number of amides is 1. The second kappa shape index (κ2) is 13.2. The van der Waals surface area contributed by atoms with Crippen LogP contribution in [0.25, 0.3) is 5.65 Å². The molecule has 0 aliphatic rings. The fraction of sp³-hybridized carbons (Fsp3) is 0.333. The number of benzene rings is 2. The summed E-state index contributed by atoms with van der Waals surface area (Å²) in [6.07, 6.45) is 0.533. The van der Waals surface area contributed by atoms with Gasteiger partial charge in [0, 0.05) is 6.54 Å². The van der Waals surface area contributed by atoms with Gasteiger partial charge in [-0.2, -0.15) is 9.61 Å². The van der Waals surface area contributed by atoms with E-state index in [0.29, 0.717) is 31.0 Å². The molecule has 0 saturated carbocycles. The minimum absolute atomic E-state index is 0. The minimum atomic E-state index is -0.614. The number of nitrogens with zero attached hydrogens (tertiary/aromatic N) is 5. The van der Waals surface area contributed by atoms with Crippen LogP contribution in [0.2, 0.25) is 15.1 Å². The summed E-state index contributed by atoms with van der Waals surface area (Å²) < 4.78 is 2.76. The lowest BCUT2D eigenvalue weighted by Crippen LogP contribution is -2.43.